The monoisotopic (exact) mass is 342 g/mol. The molecule has 0 saturated carbocycles. The summed E-state index contributed by atoms with van der Waals surface area (Å²) >= 11 is 0. The maximum atomic E-state index is 12.2. The number of rotatable bonds is 5. The van der Waals surface area contributed by atoms with Crippen molar-refractivity contribution >= 4 is 11.7 Å². The number of amides is 2. The molecule has 1 saturated heterocycles. The number of likely N-dealkylation sites (N-methyl/N-ethyl adjacent to an activating group) is 1. The molecule has 2 aromatic rings. The average molecular weight is 342 g/mol. The standard InChI is InChI=1S/C18H26N6O/c1-15(13-23-10-8-22(2)9-11-23)20-18(25)21-16-12-19-24(14-16)17-6-4-3-5-7-17/h3-7,12,14-15H,8-11,13H2,1-2H3,(H2,20,21,25)/t15-/m1/s1. The number of anilines is 1. The van der Waals surface area contributed by atoms with Crippen molar-refractivity contribution in [2.45, 2.75) is 13.0 Å². The van der Waals surface area contributed by atoms with E-state index in [1.165, 1.54) is 0 Å². The smallest absolute Gasteiger partial charge is 0.319 e. The molecule has 7 nitrogen and oxygen atoms in total. The van der Waals surface area contributed by atoms with Crippen LogP contribution < -0.4 is 10.6 Å². The normalized spacial score (nSPS) is 17.2. The van der Waals surface area contributed by atoms with Crippen molar-refractivity contribution in [3.63, 3.8) is 0 Å². The Balaban J connectivity index is 1.47. The lowest BCUT2D eigenvalue weighted by molar-refractivity contribution is 0.145. The molecule has 1 atom stereocenters. The Morgan fingerprint density at radius 1 is 1.20 bits per heavy atom. The Hall–Kier alpha value is -2.38. The minimum atomic E-state index is -0.200. The van der Waals surface area contributed by atoms with Gasteiger partial charge in [0.25, 0.3) is 0 Å². The first-order valence-electron chi connectivity index (χ1n) is 8.68. The largest absolute Gasteiger partial charge is 0.334 e. The number of nitrogens with one attached hydrogen (secondary N) is 2. The summed E-state index contributed by atoms with van der Waals surface area (Å²) < 4.78 is 1.74. The maximum Gasteiger partial charge on any atom is 0.319 e. The third kappa shape index (κ3) is 5.04. The first-order valence-corrected chi connectivity index (χ1v) is 8.68. The van der Waals surface area contributed by atoms with Gasteiger partial charge >= 0.3 is 6.03 Å². The molecule has 1 aliphatic heterocycles. The first-order chi connectivity index (χ1) is 12.1. The number of piperazine rings is 1. The van der Waals surface area contributed by atoms with Crippen molar-refractivity contribution in [1.82, 2.24) is 24.9 Å². The predicted octanol–water partition coefficient (Wildman–Crippen LogP) is 1.63. The SMILES string of the molecule is C[C@H](CN1CCN(C)CC1)NC(=O)Nc1cnn(-c2ccccc2)c1. The zero-order valence-corrected chi connectivity index (χ0v) is 14.9. The number of carbonyl (C=O) groups is 1. The summed E-state index contributed by atoms with van der Waals surface area (Å²) in [5.41, 5.74) is 1.63. The second-order valence-electron chi connectivity index (χ2n) is 6.61. The van der Waals surface area contributed by atoms with Gasteiger partial charge in [-0.3, -0.25) is 4.90 Å². The summed E-state index contributed by atoms with van der Waals surface area (Å²) in [5, 5.41) is 10.1. The molecule has 25 heavy (non-hydrogen) atoms. The Morgan fingerprint density at radius 2 is 1.92 bits per heavy atom. The van der Waals surface area contributed by atoms with Crippen molar-refractivity contribution in [1.29, 1.82) is 0 Å². The van der Waals surface area contributed by atoms with E-state index in [0.717, 1.165) is 38.4 Å². The topological polar surface area (TPSA) is 65.4 Å². The van der Waals surface area contributed by atoms with Gasteiger partial charge in [-0.1, -0.05) is 18.2 Å². The van der Waals surface area contributed by atoms with E-state index in [1.54, 1.807) is 17.1 Å². The highest BCUT2D eigenvalue weighted by Gasteiger charge is 2.17. The highest BCUT2D eigenvalue weighted by molar-refractivity contribution is 5.89. The molecule has 7 heteroatoms. The zero-order chi connectivity index (χ0) is 17.6. The van der Waals surface area contributed by atoms with E-state index in [0.29, 0.717) is 5.69 Å². The van der Waals surface area contributed by atoms with Crippen molar-refractivity contribution in [3.8, 4) is 5.69 Å². The van der Waals surface area contributed by atoms with Gasteiger partial charge < -0.3 is 15.5 Å². The molecule has 3 rings (SSSR count). The molecule has 0 unspecified atom stereocenters. The first kappa shape index (κ1) is 17.4. The van der Waals surface area contributed by atoms with Crippen LogP contribution >= 0.6 is 0 Å². The predicted molar refractivity (Wildman–Crippen MR) is 99.1 cm³/mol. The fraction of sp³-hybridized carbons (Fsp3) is 0.444. The highest BCUT2D eigenvalue weighted by atomic mass is 16.2. The number of para-hydroxylation sites is 1. The summed E-state index contributed by atoms with van der Waals surface area (Å²) in [6.07, 6.45) is 3.46. The number of carbonyl (C=O) groups excluding carboxylic acids is 1. The molecule has 2 N–H and O–H groups in total. The van der Waals surface area contributed by atoms with E-state index in [-0.39, 0.29) is 12.1 Å². The van der Waals surface area contributed by atoms with Crippen LogP contribution in [0.15, 0.2) is 42.7 Å². The summed E-state index contributed by atoms with van der Waals surface area (Å²) in [7, 11) is 2.14. The molecule has 134 valence electrons. The Kier molecular flexibility index (Phi) is 5.67. The van der Waals surface area contributed by atoms with Crippen LogP contribution in [0.4, 0.5) is 10.5 Å². The number of aromatic nitrogens is 2. The van der Waals surface area contributed by atoms with E-state index in [2.05, 4.69) is 32.6 Å². The van der Waals surface area contributed by atoms with E-state index >= 15 is 0 Å². The fourth-order valence-corrected chi connectivity index (χ4v) is 2.96. The molecule has 1 aromatic carbocycles. The quantitative estimate of drug-likeness (QED) is 0.867. The van der Waals surface area contributed by atoms with Crippen molar-refractivity contribution in [2.24, 2.45) is 0 Å². The Labute approximate surface area is 148 Å². The molecule has 0 spiro atoms. The Morgan fingerprint density at radius 3 is 2.64 bits per heavy atom. The van der Waals surface area contributed by atoms with Crippen LogP contribution in [0.3, 0.4) is 0 Å². The highest BCUT2D eigenvalue weighted by Crippen LogP contribution is 2.11. The second-order valence-corrected chi connectivity index (χ2v) is 6.61. The molecule has 1 aromatic heterocycles. The van der Waals surface area contributed by atoms with Gasteiger partial charge in [-0.05, 0) is 26.1 Å². The summed E-state index contributed by atoms with van der Waals surface area (Å²) in [4.78, 5) is 16.9. The minimum Gasteiger partial charge on any atom is -0.334 e. The van der Waals surface area contributed by atoms with Gasteiger partial charge in [0.05, 0.1) is 23.8 Å². The van der Waals surface area contributed by atoms with Gasteiger partial charge in [-0.15, -0.1) is 0 Å². The van der Waals surface area contributed by atoms with Crippen LogP contribution in [0.5, 0.6) is 0 Å². The minimum absolute atomic E-state index is 0.0903. The lowest BCUT2D eigenvalue weighted by Gasteiger charge is -2.34. The molecular weight excluding hydrogens is 316 g/mol. The van der Waals surface area contributed by atoms with Crippen LogP contribution in [-0.4, -0.2) is 71.4 Å². The molecule has 2 heterocycles. The van der Waals surface area contributed by atoms with Gasteiger partial charge in [-0.2, -0.15) is 5.10 Å². The lowest BCUT2D eigenvalue weighted by Crippen LogP contribution is -2.50. The summed E-state index contributed by atoms with van der Waals surface area (Å²) in [5.74, 6) is 0. The summed E-state index contributed by atoms with van der Waals surface area (Å²) in [6.45, 7) is 7.16. The van der Waals surface area contributed by atoms with Gasteiger partial charge in [-0.25, -0.2) is 9.48 Å². The number of urea groups is 1. The van der Waals surface area contributed by atoms with Crippen LogP contribution in [0.2, 0.25) is 0 Å². The van der Waals surface area contributed by atoms with Gasteiger partial charge in [0.2, 0.25) is 0 Å². The van der Waals surface area contributed by atoms with Gasteiger partial charge in [0.1, 0.15) is 0 Å². The van der Waals surface area contributed by atoms with E-state index < -0.39 is 0 Å². The van der Waals surface area contributed by atoms with Crippen LogP contribution in [0.1, 0.15) is 6.92 Å². The molecule has 0 bridgehead atoms. The molecule has 1 fully saturated rings. The molecule has 0 aliphatic carbocycles. The van der Waals surface area contributed by atoms with E-state index in [1.807, 2.05) is 37.3 Å². The van der Waals surface area contributed by atoms with Crippen LogP contribution in [0.25, 0.3) is 5.69 Å². The number of hydrogen-bond acceptors (Lipinski definition) is 4. The van der Waals surface area contributed by atoms with E-state index in [4.69, 9.17) is 0 Å². The third-order valence-corrected chi connectivity index (χ3v) is 4.37. The van der Waals surface area contributed by atoms with Crippen molar-refractivity contribution in [3.05, 3.63) is 42.7 Å². The third-order valence-electron chi connectivity index (χ3n) is 4.37. The molecule has 2 amide bonds. The second kappa shape index (κ2) is 8.13. The molecule has 1 aliphatic rings. The van der Waals surface area contributed by atoms with Crippen molar-refractivity contribution in [2.75, 3.05) is 45.1 Å². The Bertz CT molecular complexity index is 678. The zero-order valence-electron chi connectivity index (χ0n) is 14.9. The number of hydrogen-bond donors (Lipinski definition) is 2. The van der Waals surface area contributed by atoms with Crippen LogP contribution in [-0.2, 0) is 0 Å². The molecule has 0 radical (unpaired) electrons. The van der Waals surface area contributed by atoms with Gasteiger partial charge in [0.15, 0.2) is 0 Å². The van der Waals surface area contributed by atoms with Gasteiger partial charge in [0, 0.05) is 38.8 Å². The summed E-state index contributed by atoms with van der Waals surface area (Å²) in [6, 6.07) is 9.70. The average Bonchev–Trinajstić information content (AvgIpc) is 3.06. The van der Waals surface area contributed by atoms with E-state index in [9.17, 15) is 4.79 Å². The van der Waals surface area contributed by atoms with Crippen molar-refractivity contribution < 1.29 is 4.79 Å². The molecular formula is C18H26N6O. The van der Waals surface area contributed by atoms with Crippen LogP contribution in [0, 0.1) is 0 Å². The number of benzene rings is 1. The fourth-order valence-electron chi connectivity index (χ4n) is 2.96. The maximum absolute atomic E-state index is 12.2. The number of nitrogens with zero attached hydrogens (tertiary/aromatic N) is 4. The lowest BCUT2D eigenvalue weighted by atomic mass is 10.2.